The van der Waals surface area contributed by atoms with Gasteiger partial charge in [0.05, 0.1) is 0 Å². The van der Waals surface area contributed by atoms with Crippen LogP contribution in [0, 0.1) is 0 Å². The van der Waals surface area contributed by atoms with Crippen molar-refractivity contribution in [1.82, 2.24) is 9.38 Å². The van der Waals surface area contributed by atoms with E-state index in [0.29, 0.717) is 16.5 Å². The molecule has 8 nitrogen and oxygen atoms in total. The van der Waals surface area contributed by atoms with Gasteiger partial charge in [0.15, 0.2) is 16.6 Å². The van der Waals surface area contributed by atoms with Gasteiger partial charge in [-0.1, -0.05) is 0 Å². The number of nitrogens with one attached hydrogen (secondary N) is 2. The molecule has 1 saturated heterocycles. The predicted octanol–water partition coefficient (Wildman–Crippen LogP) is 2.42. The maximum atomic E-state index is 11.0. The zero-order valence-electron chi connectivity index (χ0n) is 12.1. The van der Waals surface area contributed by atoms with E-state index in [-0.39, 0.29) is 17.1 Å². The van der Waals surface area contributed by atoms with Crippen molar-refractivity contribution in [2.24, 2.45) is 0 Å². The monoisotopic (exact) mass is 336 g/mol. The van der Waals surface area contributed by atoms with Crippen LogP contribution >= 0.6 is 11.5 Å². The minimum Gasteiger partial charge on any atom is -0.507 e. The average molecular weight is 336 g/mol. The van der Waals surface area contributed by atoms with E-state index in [1.165, 1.54) is 18.2 Å². The Morgan fingerprint density at radius 3 is 2.70 bits per heavy atom. The van der Waals surface area contributed by atoms with Crippen LogP contribution in [-0.4, -0.2) is 43.8 Å². The highest BCUT2D eigenvalue weighted by atomic mass is 32.1. The molecule has 23 heavy (non-hydrogen) atoms. The number of nitrogens with zero attached hydrogens (tertiary/aromatic N) is 2. The fourth-order valence-electron chi connectivity index (χ4n) is 2.34. The van der Waals surface area contributed by atoms with Gasteiger partial charge in [0.25, 0.3) is 0 Å². The van der Waals surface area contributed by atoms with Crippen molar-refractivity contribution in [3.8, 4) is 11.5 Å². The zero-order valence-corrected chi connectivity index (χ0v) is 12.9. The Kier molecular flexibility index (Phi) is 4.22. The topological polar surface area (TPSA) is 118 Å². The molecule has 0 atom stereocenters. The van der Waals surface area contributed by atoms with Crippen LogP contribution in [0.1, 0.15) is 23.2 Å². The SMILES string of the molecule is O=C(O)c1cc(Nc2snc(NN3CCCC3)c2O)ccc1O. The highest BCUT2D eigenvalue weighted by Gasteiger charge is 2.18. The first kappa shape index (κ1) is 15.4. The molecule has 0 aliphatic carbocycles. The van der Waals surface area contributed by atoms with Gasteiger partial charge in [-0.15, -0.1) is 0 Å². The molecule has 2 heterocycles. The summed E-state index contributed by atoms with van der Waals surface area (Å²) in [6, 6.07) is 4.10. The van der Waals surface area contributed by atoms with Gasteiger partial charge >= 0.3 is 5.97 Å². The van der Waals surface area contributed by atoms with Gasteiger partial charge in [0.1, 0.15) is 11.3 Å². The summed E-state index contributed by atoms with van der Waals surface area (Å²) in [6.07, 6.45) is 2.21. The molecule has 1 aromatic carbocycles. The third-order valence-corrected chi connectivity index (χ3v) is 4.27. The third-order valence-electron chi connectivity index (χ3n) is 3.52. The molecule has 0 amide bonds. The van der Waals surface area contributed by atoms with E-state index >= 15 is 0 Å². The van der Waals surface area contributed by atoms with Crippen LogP contribution in [0.2, 0.25) is 0 Å². The summed E-state index contributed by atoms with van der Waals surface area (Å²) in [5, 5.41) is 34.0. The fraction of sp³-hybridized carbons (Fsp3) is 0.286. The van der Waals surface area contributed by atoms with Crippen LogP contribution in [0.25, 0.3) is 0 Å². The minimum absolute atomic E-state index is 0.0214. The summed E-state index contributed by atoms with van der Waals surface area (Å²) in [5.74, 6) is -1.19. The summed E-state index contributed by atoms with van der Waals surface area (Å²) < 4.78 is 4.16. The molecule has 3 rings (SSSR count). The lowest BCUT2D eigenvalue weighted by atomic mass is 10.2. The van der Waals surface area contributed by atoms with Crippen LogP contribution < -0.4 is 10.7 Å². The van der Waals surface area contributed by atoms with Crippen LogP contribution in [0.4, 0.5) is 16.5 Å². The second-order valence-electron chi connectivity index (χ2n) is 5.18. The van der Waals surface area contributed by atoms with E-state index in [0.717, 1.165) is 37.5 Å². The quantitative estimate of drug-likeness (QED) is 0.528. The van der Waals surface area contributed by atoms with Gasteiger partial charge in [-0.3, -0.25) is 5.43 Å². The number of aromatic nitrogens is 1. The molecule has 9 heteroatoms. The van der Waals surface area contributed by atoms with Gasteiger partial charge in [-0.2, -0.15) is 4.37 Å². The van der Waals surface area contributed by atoms with E-state index in [1.807, 2.05) is 5.01 Å². The molecule has 0 saturated carbocycles. The maximum absolute atomic E-state index is 11.0. The average Bonchev–Trinajstić information content (AvgIpc) is 3.14. The normalized spacial score (nSPS) is 14.8. The molecule has 122 valence electrons. The standard InChI is InChI=1S/C14H16N4O4S/c19-10-4-3-8(7-9(10)14(21)22)15-13-11(20)12(17-23-13)16-18-5-1-2-6-18/h3-4,7,15,19-20H,1-2,5-6H2,(H,16,17)(H,21,22). The lowest BCUT2D eigenvalue weighted by Crippen LogP contribution is -2.26. The van der Waals surface area contributed by atoms with Crippen LogP contribution in [0.15, 0.2) is 18.2 Å². The molecule has 1 aliphatic rings. The Bertz CT molecular complexity index is 728. The number of hydrogen-bond donors (Lipinski definition) is 5. The van der Waals surface area contributed by atoms with Gasteiger partial charge < -0.3 is 20.6 Å². The number of rotatable bonds is 5. The van der Waals surface area contributed by atoms with E-state index < -0.39 is 5.97 Å². The maximum Gasteiger partial charge on any atom is 0.339 e. The number of carbonyl (C=O) groups is 1. The number of carboxylic acids is 1. The fourth-order valence-corrected chi connectivity index (χ4v) is 2.99. The molecule has 1 aliphatic heterocycles. The molecule has 0 unspecified atom stereocenters. The summed E-state index contributed by atoms with van der Waals surface area (Å²) >= 11 is 1.06. The summed E-state index contributed by atoms with van der Waals surface area (Å²) in [5.41, 5.74) is 3.29. The van der Waals surface area contributed by atoms with Crippen molar-refractivity contribution in [1.29, 1.82) is 0 Å². The number of carboxylic acid groups (broad SMARTS) is 1. The van der Waals surface area contributed by atoms with Crippen LogP contribution in [0.3, 0.4) is 0 Å². The Hall–Kier alpha value is -2.52. The van der Waals surface area contributed by atoms with E-state index in [9.17, 15) is 15.0 Å². The van der Waals surface area contributed by atoms with Crippen molar-refractivity contribution >= 4 is 34.0 Å². The molecule has 1 aromatic heterocycles. The molecular weight excluding hydrogens is 320 g/mol. The van der Waals surface area contributed by atoms with Gasteiger partial charge in [-0.25, -0.2) is 9.80 Å². The highest BCUT2D eigenvalue weighted by Crippen LogP contribution is 2.38. The summed E-state index contributed by atoms with van der Waals surface area (Å²) in [6.45, 7) is 1.80. The molecule has 0 spiro atoms. The number of aromatic carboxylic acids is 1. The Balaban J connectivity index is 1.76. The molecule has 0 radical (unpaired) electrons. The number of aromatic hydroxyl groups is 2. The first-order chi connectivity index (χ1) is 11.0. The van der Waals surface area contributed by atoms with Gasteiger partial charge in [-0.05, 0) is 42.6 Å². The van der Waals surface area contributed by atoms with Crippen molar-refractivity contribution in [3.63, 3.8) is 0 Å². The molecule has 0 bridgehead atoms. The van der Waals surface area contributed by atoms with Crippen molar-refractivity contribution in [2.45, 2.75) is 12.8 Å². The van der Waals surface area contributed by atoms with Crippen molar-refractivity contribution in [3.05, 3.63) is 23.8 Å². The van der Waals surface area contributed by atoms with Crippen LogP contribution in [-0.2, 0) is 0 Å². The molecule has 5 N–H and O–H groups in total. The Morgan fingerprint density at radius 2 is 2.00 bits per heavy atom. The second kappa shape index (κ2) is 6.31. The zero-order chi connectivity index (χ0) is 16.4. The first-order valence-corrected chi connectivity index (χ1v) is 7.85. The molecule has 1 fully saturated rings. The highest BCUT2D eigenvalue weighted by molar-refractivity contribution is 7.11. The number of hydrogen-bond acceptors (Lipinski definition) is 8. The summed E-state index contributed by atoms with van der Waals surface area (Å²) in [7, 11) is 0. The van der Waals surface area contributed by atoms with Crippen LogP contribution in [0.5, 0.6) is 11.5 Å². The minimum atomic E-state index is -1.23. The number of benzene rings is 1. The smallest absolute Gasteiger partial charge is 0.339 e. The largest absolute Gasteiger partial charge is 0.507 e. The Morgan fingerprint density at radius 1 is 1.26 bits per heavy atom. The second-order valence-corrected chi connectivity index (χ2v) is 5.95. The lowest BCUT2D eigenvalue weighted by Gasteiger charge is -2.15. The molecular formula is C14H16N4O4S. The lowest BCUT2D eigenvalue weighted by molar-refractivity contribution is 0.0694. The summed E-state index contributed by atoms with van der Waals surface area (Å²) in [4.78, 5) is 11.0. The number of phenols is 1. The van der Waals surface area contributed by atoms with Crippen molar-refractivity contribution < 1.29 is 20.1 Å². The van der Waals surface area contributed by atoms with Gasteiger partial charge in [0.2, 0.25) is 0 Å². The van der Waals surface area contributed by atoms with E-state index in [1.54, 1.807) is 0 Å². The molecule has 2 aromatic rings. The Labute approximate surface area is 136 Å². The number of hydrazine groups is 1. The third kappa shape index (κ3) is 3.30. The predicted molar refractivity (Wildman–Crippen MR) is 86.6 cm³/mol. The number of anilines is 3. The van der Waals surface area contributed by atoms with Gasteiger partial charge in [0, 0.05) is 18.8 Å². The first-order valence-electron chi connectivity index (χ1n) is 7.08. The van der Waals surface area contributed by atoms with Crippen molar-refractivity contribution in [2.75, 3.05) is 23.8 Å². The van der Waals surface area contributed by atoms with E-state index in [4.69, 9.17) is 5.11 Å². The van der Waals surface area contributed by atoms with E-state index in [2.05, 4.69) is 15.1 Å².